The number of allylic oxidation sites excluding steroid dienone is 4. The van der Waals surface area contributed by atoms with Gasteiger partial charge in [0.15, 0.2) is 11.4 Å². The highest BCUT2D eigenvalue weighted by Crippen LogP contribution is 2.59. The molecule has 10 heteroatoms. The van der Waals surface area contributed by atoms with Crippen LogP contribution >= 0.6 is 0 Å². The van der Waals surface area contributed by atoms with Crippen LogP contribution < -0.4 is 16.4 Å². The summed E-state index contributed by atoms with van der Waals surface area (Å²) in [5.74, 6) is -1.17. The lowest BCUT2D eigenvalue weighted by molar-refractivity contribution is -0.158. The number of Topliss-reactive ketones (excluding diaryl/α,β-unsaturated/α-hetero) is 2. The van der Waals surface area contributed by atoms with E-state index in [4.69, 9.17) is 15.2 Å². The van der Waals surface area contributed by atoms with Gasteiger partial charge in [-0.2, -0.15) is 0 Å². The van der Waals surface area contributed by atoms with Crippen LogP contribution in [0.25, 0.3) is 0 Å². The zero-order valence-electron chi connectivity index (χ0n) is 27.7. The zero-order chi connectivity index (χ0) is 33.8. The molecule has 0 amide bonds. The average Bonchev–Trinajstić information content (AvgIpc) is 3.79. The molecular formula is C37H49N3O7. The number of dihydropyridines is 1. The maximum Gasteiger partial charge on any atom is 0.350 e. The normalized spacial score (nSPS) is 29.1. The van der Waals surface area contributed by atoms with Gasteiger partial charge in [-0.1, -0.05) is 61.9 Å². The molecule has 254 valence electrons. The molecule has 1 fully saturated rings. The predicted octanol–water partition coefficient (Wildman–Crippen LogP) is 3.65. The molecule has 0 unspecified atom stereocenters. The summed E-state index contributed by atoms with van der Waals surface area (Å²) in [6.07, 6.45) is 11.3. The molecule has 10 nitrogen and oxygen atoms in total. The molecule has 2 aliphatic carbocycles. The minimum atomic E-state index is -2.16. The zero-order valence-corrected chi connectivity index (χ0v) is 27.7. The summed E-state index contributed by atoms with van der Waals surface area (Å²) in [6, 6.07) is 6.39. The monoisotopic (exact) mass is 647 g/mol. The van der Waals surface area contributed by atoms with Crippen molar-refractivity contribution < 1.29 is 34.1 Å². The van der Waals surface area contributed by atoms with Gasteiger partial charge >= 0.3 is 5.97 Å². The van der Waals surface area contributed by atoms with Gasteiger partial charge in [-0.15, -0.1) is 0 Å². The third-order valence-corrected chi connectivity index (χ3v) is 10.3. The van der Waals surface area contributed by atoms with Crippen LogP contribution in [0, 0.1) is 11.8 Å². The van der Waals surface area contributed by atoms with Crippen LogP contribution in [0.5, 0.6) is 0 Å². The molecule has 6 atom stereocenters. The van der Waals surface area contributed by atoms with Gasteiger partial charge < -0.3 is 36.1 Å². The number of ketones is 2. The third kappa shape index (κ3) is 6.61. The number of aliphatic hydroxyl groups is 2. The summed E-state index contributed by atoms with van der Waals surface area (Å²) in [5.41, 5.74) is 4.71. The molecular weight excluding hydrogens is 598 g/mol. The van der Waals surface area contributed by atoms with Crippen LogP contribution in [-0.2, 0) is 14.3 Å². The molecule has 0 aromatic heterocycles. The lowest BCUT2D eigenvalue weighted by Crippen LogP contribution is -2.53. The fourth-order valence-corrected chi connectivity index (χ4v) is 7.44. The van der Waals surface area contributed by atoms with Crippen molar-refractivity contribution in [1.82, 2.24) is 10.6 Å². The molecule has 0 radical (unpaired) electrons. The number of nitrogens with one attached hydrogen (secondary N) is 2. The number of carbonyl (C=O) groups excluding carboxylic acids is 3. The van der Waals surface area contributed by atoms with E-state index in [1.807, 2.05) is 26.0 Å². The number of benzene rings is 1. The van der Waals surface area contributed by atoms with E-state index in [2.05, 4.69) is 29.7 Å². The van der Waals surface area contributed by atoms with E-state index in [9.17, 15) is 24.6 Å². The Bertz CT molecular complexity index is 1500. The number of epoxide rings is 1. The highest BCUT2D eigenvalue weighted by molar-refractivity contribution is 6.33. The van der Waals surface area contributed by atoms with E-state index in [-0.39, 0.29) is 42.7 Å². The van der Waals surface area contributed by atoms with Gasteiger partial charge in [0.2, 0.25) is 5.78 Å². The summed E-state index contributed by atoms with van der Waals surface area (Å²) >= 11 is 0. The van der Waals surface area contributed by atoms with Crippen LogP contribution in [0.15, 0.2) is 71.1 Å². The van der Waals surface area contributed by atoms with Gasteiger partial charge in [0, 0.05) is 42.7 Å². The van der Waals surface area contributed by atoms with Crippen molar-refractivity contribution in [1.29, 1.82) is 0 Å². The number of nitrogens with two attached hydrogens (primary N) is 1. The summed E-state index contributed by atoms with van der Waals surface area (Å²) in [4.78, 5) is 42.9. The first-order valence-electron chi connectivity index (χ1n) is 17.0. The number of hydrogen-bond acceptors (Lipinski definition) is 10. The number of fused-ring (bicyclic) bond motifs is 2. The Balaban J connectivity index is 1.48. The molecule has 47 heavy (non-hydrogen) atoms. The number of esters is 1. The second-order valence-corrected chi connectivity index (χ2v) is 13.1. The van der Waals surface area contributed by atoms with Crippen molar-refractivity contribution in [3.05, 3.63) is 82.2 Å². The van der Waals surface area contributed by atoms with Crippen LogP contribution in [0.2, 0.25) is 0 Å². The second kappa shape index (κ2) is 14.7. The topological polar surface area (TPSA) is 164 Å². The molecule has 1 aromatic rings. The van der Waals surface area contributed by atoms with Crippen molar-refractivity contribution in [3.63, 3.8) is 0 Å². The van der Waals surface area contributed by atoms with Gasteiger partial charge in [0.25, 0.3) is 5.60 Å². The largest absolute Gasteiger partial charge is 0.459 e. The van der Waals surface area contributed by atoms with Crippen LogP contribution in [0.1, 0.15) is 86.4 Å². The van der Waals surface area contributed by atoms with E-state index in [0.717, 1.165) is 30.5 Å². The van der Waals surface area contributed by atoms with Gasteiger partial charge in [-0.05, 0) is 75.1 Å². The number of aliphatic hydroxyl groups excluding tert-OH is 2. The van der Waals surface area contributed by atoms with E-state index < -0.39 is 34.8 Å². The Morgan fingerprint density at radius 3 is 2.57 bits per heavy atom. The number of rotatable bonds is 15. The standard InChI is InChI=1S/C37H49N3O7/c1-4-24-14-15-30(39-5-2)29(19-24)31(11-8-18-41)46-35(45)37-34(44)28-10-7-6-9-27(28)33(43)36(37,47-37)21-26(22-42)23(3)12-13-25-16-17-40-32(38)20-25/h6-7,9-10,14-16,20,24,29-31,39-42H,4-5,8,11-13,17-19,21-22,38H2,1-3H3/b26-23-/t24-,29-,30-,31+,36+,37+/m1/s1. The summed E-state index contributed by atoms with van der Waals surface area (Å²) in [5, 5.41) is 26.8. The molecule has 4 aliphatic rings. The smallest absolute Gasteiger partial charge is 0.350 e. The number of carbonyl (C=O) groups is 3. The molecule has 2 aliphatic heterocycles. The molecule has 1 aromatic carbocycles. The number of ether oxygens (including phenoxy) is 2. The highest BCUT2D eigenvalue weighted by atomic mass is 16.7. The maximum atomic E-state index is 14.4. The summed E-state index contributed by atoms with van der Waals surface area (Å²) in [7, 11) is 0. The van der Waals surface area contributed by atoms with E-state index in [1.54, 1.807) is 24.3 Å². The first kappa shape index (κ1) is 34.8. The molecule has 0 spiro atoms. The molecule has 1 saturated heterocycles. The molecule has 2 heterocycles. The Morgan fingerprint density at radius 1 is 1.17 bits per heavy atom. The highest BCUT2D eigenvalue weighted by Gasteiger charge is 2.85. The summed E-state index contributed by atoms with van der Waals surface area (Å²) < 4.78 is 12.5. The number of hydrogen-bond donors (Lipinski definition) is 5. The molecule has 6 N–H and O–H groups in total. The molecule has 0 saturated carbocycles. The SMILES string of the molecule is CCN[C@@H]1C=C[C@@H](CC)C[C@H]1[C@H](CCCO)OC(=O)[C@]12O[C@@]1(C/C(CO)=C(\C)CCC1=CCNC(N)=C1)C(=O)c1ccccc1C2=O. The summed E-state index contributed by atoms with van der Waals surface area (Å²) in [6.45, 7) is 6.94. The van der Waals surface area contributed by atoms with Gasteiger partial charge in [-0.25, -0.2) is 4.79 Å². The Labute approximate surface area is 277 Å². The lowest BCUT2D eigenvalue weighted by Gasteiger charge is -2.37. The number of likely N-dealkylation sites (N-methyl/N-ethyl adjacent to an activating group) is 1. The van der Waals surface area contributed by atoms with Crippen LogP contribution in [0.4, 0.5) is 0 Å². The maximum absolute atomic E-state index is 14.4. The Kier molecular flexibility index (Phi) is 10.9. The van der Waals surface area contributed by atoms with Crippen molar-refractivity contribution in [2.75, 3.05) is 26.3 Å². The fraction of sp³-hybridized carbons (Fsp3) is 0.541. The van der Waals surface area contributed by atoms with E-state index >= 15 is 0 Å². The molecule has 5 rings (SSSR count). The van der Waals surface area contributed by atoms with Crippen molar-refractivity contribution >= 4 is 17.5 Å². The van der Waals surface area contributed by atoms with Gasteiger partial charge in [0.05, 0.1) is 12.4 Å². The second-order valence-electron chi connectivity index (χ2n) is 13.1. The van der Waals surface area contributed by atoms with Crippen molar-refractivity contribution in [2.45, 2.75) is 89.1 Å². The molecule has 0 bridgehead atoms. The minimum absolute atomic E-state index is 0.0575. The van der Waals surface area contributed by atoms with Crippen molar-refractivity contribution in [3.8, 4) is 0 Å². The Hall–Kier alpha value is -3.57. The fourth-order valence-electron chi connectivity index (χ4n) is 7.44. The third-order valence-electron chi connectivity index (χ3n) is 10.3. The van der Waals surface area contributed by atoms with Gasteiger partial charge in [0.1, 0.15) is 6.10 Å². The predicted molar refractivity (Wildman–Crippen MR) is 178 cm³/mol. The average molecular weight is 648 g/mol. The van der Waals surface area contributed by atoms with Crippen molar-refractivity contribution in [2.24, 2.45) is 17.6 Å². The van der Waals surface area contributed by atoms with E-state index in [1.165, 1.54) is 0 Å². The Morgan fingerprint density at radius 2 is 1.91 bits per heavy atom. The van der Waals surface area contributed by atoms with Gasteiger partial charge in [-0.3, -0.25) is 9.59 Å². The first-order chi connectivity index (χ1) is 22.6. The minimum Gasteiger partial charge on any atom is -0.459 e. The van der Waals surface area contributed by atoms with Crippen LogP contribution in [-0.4, -0.2) is 77.4 Å². The quantitative estimate of drug-likeness (QED) is 0.0822. The first-order valence-corrected chi connectivity index (χ1v) is 17.0. The lowest BCUT2D eigenvalue weighted by atomic mass is 9.71. The van der Waals surface area contributed by atoms with E-state index in [0.29, 0.717) is 49.5 Å². The van der Waals surface area contributed by atoms with Crippen LogP contribution in [0.3, 0.4) is 0 Å².